The molecule has 1 aromatic carbocycles. The highest BCUT2D eigenvalue weighted by Gasteiger charge is 2.29. The van der Waals surface area contributed by atoms with E-state index in [0.29, 0.717) is 30.0 Å². The number of nitrogens with zero attached hydrogens (tertiary/aromatic N) is 2. The number of likely N-dealkylation sites (tertiary alicyclic amines) is 1. The number of amides is 2. The number of nitrogens with one attached hydrogen (secondary N) is 1. The van der Waals surface area contributed by atoms with Crippen molar-refractivity contribution in [3.63, 3.8) is 0 Å². The first-order chi connectivity index (χ1) is 13.5. The van der Waals surface area contributed by atoms with E-state index in [2.05, 4.69) is 5.32 Å². The number of non-ortho nitro benzene ring substituents is 1. The van der Waals surface area contributed by atoms with Gasteiger partial charge in [0.05, 0.1) is 21.8 Å². The lowest BCUT2D eigenvalue weighted by atomic mass is 9.96. The van der Waals surface area contributed by atoms with Crippen LogP contribution in [0.15, 0.2) is 41.8 Å². The molecular weight excluding hydrogens is 382 g/mol. The zero-order valence-corrected chi connectivity index (χ0v) is 15.9. The summed E-state index contributed by atoms with van der Waals surface area (Å²) in [5.74, 6) is -0.579. The molecular formula is C19H21N3O5S. The standard InChI is InChI=1S/C19H21N3O5S/c23-16(13-5-7-15(8-6-13)22(26)27)11-20-18(24)14-3-1-9-21(12-14)19(25)17-4-2-10-28-17/h2,4-8,10,14,16,23H,1,3,9,11-12H2,(H,20,24). The maximum Gasteiger partial charge on any atom is 0.269 e. The van der Waals surface area contributed by atoms with Gasteiger partial charge in [-0.15, -0.1) is 11.3 Å². The molecule has 28 heavy (non-hydrogen) atoms. The Balaban J connectivity index is 1.52. The molecule has 1 aromatic heterocycles. The van der Waals surface area contributed by atoms with Crippen molar-refractivity contribution >= 4 is 28.8 Å². The predicted octanol–water partition coefficient (Wildman–Crippen LogP) is 2.36. The van der Waals surface area contributed by atoms with E-state index in [-0.39, 0.29) is 30.0 Å². The second-order valence-corrected chi connectivity index (χ2v) is 7.62. The van der Waals surface area contributed by atoms with Crippen LogP contribution in [0.5, 0.6) is 0 Å². The molecule has 9 heteroatoms. The van der Waals surface area contributed by atoms with E-state index in [0.717, 1.165) is 6.42 Å². The Kier molecular flexibility index (Phi) is 6.37. The van der Waals surface area contributed by atoms with Gasteiger partial charge in [0.15, 0.2) is 0 Å². The fourth-order valence-corrected chi connectivity index (χ4v) is 3.90. The number of carbonyl (C=O) groups is 2. The molecule has 2 atom stereocenters. The lowest BCUT2D eigenvalue weighted by molar-refractivity contribution is -0.384. The molecule has 148 valence electrons. The third kappa shape index (κ3) is 4.73. The van der Waals surface area contributed by atoms with Gasteiger partial charge in [-0.05, 0) is 42.0 Å². The summed E-state index contributed by atoms with van der Waals surface area (Å²) in [5, 5.41) is 25.5. The number of nitro benzene ring substituents is 1. The SMILES string of the molecule is O=C(NCC(O)c1ccc([N+](=O)[O-])cc1)C1CCCN(C(=O)c2cccs2)C1. The van der Waals surface area contributed by atoms with Crippen LogP contribution in [0.25, 0.3) is 0 Å². The molecule has 1 aliphatic rings. The summed E-state index contributed by atoms with van der Waals surface area (Å²) in [6.45, 7) is 0.994. The molecule has 2 unspecified atom stereocenters. The number of piperidine rings is 1. The van der Waals surface area contributed by atoms with Crippen molar-refractivity contribution in [1.29, 1.82) is 0 Å². The third-order valence-corrected chi connectivity index (χ3v) is 5.63. The van der Waals surface area contributed by atoms with Gasteiger partial charge in [-0.25, -0.2) is 0 Å². The highest BCUT2D eigenvalue weighted by molar-refractivity contribution is 7.12. The fraction of sp³-hybridized carbons (Fsp3) is 0.368. The summed E-state index contributed by atoms with van der Waals surface area (Å²) in [4.78, 5) is 37.5. The van der Waals surface area contributed by atoms with Gasteiger partial charge in [-0.3, -0.25) is 19.7 Å². The second-order valence-electron chi connectivity index (χ2n) is 6.68. The largest absolute Gasteiger partial charge is 0.387 e. The molecule has 1 aliphatic heterocycles. The normalized spacial score (nSPS) is 17.8. The number of aliphatic hydroxyl groups excluding tert-OH is 1. The Hall–Kier alpha value is -2.78. The van der Waals surface area contributed by atoms with Crippen LogP contribution in [0.4, 0.5) is 5.69 Å². The average molecular weight is 403 g/mol. The molecule has 1 saturated heterocycles. The minimum absolute atomic E-state index is 0.00597. The number of hydrogen-bond donors (Lipinski definition) is 2. The van der Waals surface area contributed by atoms with E-state index in [1.165, 1.54) is 35.6 Å². The first kappa shape index (κ1) is 20.0. The van der Waals surface area contributed by atoms with E-state index < -0.39 is 11.0 Å². The van der Waals surface area contributed by atoms with E-state index in [1.807, 2.05) is 11.4 Å². The van der Waals surface area contributed by atoms with Crippen LogP contribution in [0, 0.1) is 16.0 Å². The Morgan fingerprint density at radius 2 is 2.07 bits per heavy atom. The minimum atomic E-state index is -0.961. The molecule has 8 nitrogen and oxygen atoms in total. The first-order valence-electron chi connectivity index (χ1n) is 8.98. The van der Waals surface area contributed by atoms with Crippen molar-refractivity contribution in [2.45, 2.75) is 18.9 Å². The Morgan fingerprint density at radius 1 is 1.32 bits per heavy atom. The van der Waals surface area contributed by atoms with Gasteiger partial charge in [0, 0.05) is 31.8 Å². The van der Waals surface area contributed by atoms with Crippen LogP contribution in [0.2, 0.25) is 0 Å². The molecule has 0 saturated carbocycles. The maximum absolute atomic E-state index is 12.5. The summed E-state index contributed by atoms with van der Waals surface area (Å²) in [5.41, 5.74) is 0.432. The van der Waals surface area contributed by atoms with Gasteiger partial charge in [0.1, 0.15) is 0 Å². The van der Waals surface area contributed by atoms with Gasteiger partial charge < -0.3 is 15.3 Å². The van der Waals surface area contributed by atoms with Crippen molar-refractivity contribution < 1.29 is 19.6 Å². The molecule has 0 aliphatic carbocycles. The molecule has 0 spiro atoms. The van der Waals surface area contributed by atoms with Gasteiger partial charge >= 0.3 is 0 Å². The predicted molar refractivity (Wildman–Crippen MR) is 104 cm³/mol. The molecule has 2 N–H and O–H groups in total. The summed E-state index contributed by atoms with van der Waals surface area (Å²) >= 11 is 1.38. The Morgan fingerprint density at radius 3 is 2.71 bits per heavy atom. The zero-order chi connectivity index (χ0) is 20.1. The van der Waals surface area contributed by atoms with E-state index in [4.69, 9.17) is 0 Å². The number of carbonyl (C=O) groups excluding carboxylic acids is 2. The minimum Gasteiger partial charge on any atom is -0.387 e. The van der Waals surface area contributed by atoms with Gasteiger partial charge in [0.25, 0.3) is 11.6 Å². The van der Waals surface area contributed by atoms with Crippen LogP contribution in [-0.2, 0) is 4.79 Å². The molecule has 0 bridgehead atoms. The number of hydrogen-bond acceptors (Lipinski definition) is 6. The molecule has 0 radical (unpaired) electrons. The van der Waals surface area contributed by atoms with E-state index in [1.54, 1.807) is 11.0 Å². The highest BCUT2D eigenvalue weighted by atomic mass is 32.1. The summed E-state index contributed by atoms with van der Waals surface area (Å²) in [6, 6.07) is 9.17. The summed E-state index contributed by atoms with van der Waals surface area (Å²) < 4.78 is 0. The average Bonchev–Trinajstić information content (AvgIpc) is 3.26. The van der Waals surface area contributed by atoms with Crippen molar-refractivity contribution in [2.75, 3.05) is 19.6 Å². The molecule has 2 aromatic rings. The van der Waals surface area contributed by atoms with Gasteiger partial charge in [0.2, 0.25) is 5.91 Å². The van der Waals surface area contributed by atoms with Crippen LogP contribution in [0.3, 0.4) is 0 Å². The lowest BCUT2D eigenvalue weighted by Crippen LogP contribution is -2.45. The maximum atomic E-state index is 12.5. The molecule has 1 fully saturated rings. The van der Waals surface area contributed by atoms with Crippen LogP contribution >= 0.6 is 11.3 Å². The third-order valence-electron chi connectivity index (χ3n) is 4.77. The van der Waals surface area contributed by atoms with Crippen molar-refractivity contribution in [3.05, 3.63) is 62.3 Å². The monoisotopic (exact) mass is 403 g/mol. The Bertz CT molecular complexity index is 838. The highest BCUT2D eigenvalue weighted by Crippen LogP contribution is 2.21. The van der Waals surface area contributed by atoms with Crippen molar-refractivity contribution in [3.8, 4) is 0 Å². The lowest BCUT2D eigenvalue weighted by Gasteiger charge is -2.32. The van der Waals surface area contributed by atoms with Crippen LogP contribution in [0.1, 0.15) is 34.2 Å². The first-order valence-corrected chi connectivity index (χ1v) is 9.86. The van der Waals surface area contributed by atoms with E-state index in [9.17, 15) is 24.8 Å². The second kappa shape index (κ2) is 8.94. The van der Waals surface area contributed by atoms with Crippen LogP contribution < -0.4 is 5.32 Å². The van der Waals surface area contributed by atoms with Gasteiger partial charge in [-0.1, -0.05) is 6.07 Å². The van der Waals surface area contributed by atoms with Gasteiger partial charge in [-0.2, -0.15) is 0 Å². The molecule has 2 amide bonds. The number of nitro groups is 1. The van der Waals surface area contributed by atoms with E-state index >= 15 is 0 Å². The Labute approximate surface area is 165 Å². The van der Waals surface area contributed by atoms with Crippen LogP contribution in [-0.4, -0.2) is 46.4 Å². The number of thiophene rings is 1. The zero-order valence-electron chi connectivity index (χ0n) is 15.1. The smallest absolute Gasteiger partial charge is 0.269 e. The summed E-state index contributed by atoms with van der Waals surface area (Å²) in [7, 11) is 0. The summed E-state index contributed by atoms with van der Waals surface area (Å²) in [6.07, 6.45) is 0.477. The molecule has 3 rings (SSSR count). The topological polar surface area (TPSA) is 113 Å². The number of benzene rings is 1. The number of rotatable bonds is 6. The molecule has 2 heterocycles. The quantitative estimate of drug-likeness (QED) is 0.568. The van der Waals surface area contributed by atoms with Crippen molar-refractivity contribution in [1.82, 2.24) is 10.2 Å². The number of aliphatic hydroxyl groups is 1. The fourth-order valence-electron chi connectivity index (χ4n) is 3.21. The van der Waals surface area contributed by atoms with Crippen molar-refractivity contribution in [2.24, 2.45) is 5.92 Å².